The van der Waals surface area contributed by atoms with E-state index in [1.165, 1.54) is 11.3 Å². The van der Waals surface area contributed by atoms with Crippen LogP contribution in [-0.2, 0) is 6.61 Å². The van der Waals surface area contributed by atoms with Gasteiger partial charge in [-0.05, 0) is 18.6 Å². The van der Waals surface area contributed by atoms with Gasteiger partial charge in [-0.1, -0.05) is 23.5 Å². The molecule has 0 saturated heterocycles. The van der Waals surface area contributed by atoms with E-state index in [9.17, 15) is 5.11 Å². The van der Waals surface area contributed by atoms with Gasteiger partial charge in [-0.3, -0.25) is 0 Å². The molecule has 1 aromatic heterocycles. The Labute approximate surface area is 110 Å². The maximum absolute atomic E-state index is 9.35. The molecule has 0 atom stereocenters. The number of hydrogen-bond acceptors (Lipinski definition) is 5. The van der Waals surface area contributed by atoms with Crippen molar-refractivity contribution in [1.82, 2.24) is 4.98 Å². The second-order valence-corrected chi connectivity index (χ2v) is 4.84. The Morgan fingerprint density at radius 1 is 1.28 bits per heavy atom. The second-order valence-electron chi connectivity index (χ2n) is 3.80. The van der Waals surface area contributed by atoms with Crippen molar-refractivity contribution in [1.29, 1.82) is 0 Å². The number of ether oxygens (including phenoxy) is 2. The first-order valence-corrected chi connectivity index (χ1v) is 6.30. The van der Waals surface area contributed by atoms with Crippen molar-refractivity contribution in [3.05, 3.63) is 28.6 Å². The highest BCUT2D eigenvalue weighted by Gasteiger charge is 2.14. The average molecular weight is 265 g/mol. The molecule has 0 fully saturated rings. The maximum atomic E-state index is 9.35. The topological polar surface area (TPSA) is 51.6 Å². The zero-order chi connectivity index (χ0) is 13.1. The van der Waals surface area contributed by atoms with Gasteiger partial charge in [0.15, 0.2) is 0 Å². The molecule has 4 nitrogen and oxygen atoms in total. The molecule has 1 N–H and O–H groups in total. The van der Waals surface area contributed by atoms with Gasteiger partial charge in [0.05, 0.1) is 31.4 Å². The molecule has 0 amide bonds. The molecule has 0 bridgehead atoms. The lowest BCUT2D eigenvalue weighted by atomic mass is 10.1. The molecule has 2 rings (SSSR count). The fourth-order valence-electron chi connectivity index (χ4n) is 1.72. The quantitative estimate of drug-likeness (QED) is 0.923. The second kappa shape index (κ2) is 5.37. The van der Waals surface area contributed by atoms with Gasteiger partial charge in [0.25, 0.3) is 5.19 Å². The lowest BCUT2D eigenvalue weighted by Gasteiger charge is -2.06. The highest BCUT2D eigenvalue weighted by Crippen LogP contribution is 2.34. The van der Waals surface area contributed by atoms with Gasteiger partial charge in [-0.25, -0.2) is 4.98 Å². The summed E-state index contributed by atoms with van der Waals surface area (Å²) in [6.45, 7) is 1.93. The van der Waals surface area contributed by atoms with E-state index in [4.69, 9.17) is 9.47 Å². The van der Waals surface area contributed by atoms with Crippen LogP contribution in [0.5, 0.6) is 10.9 Å². The van der Waals surface area contributed by atoms with Gasteiger partial charge in [0.1, 0.15) is 5.75 Å². The van der Waals surface area contributed by atoms with Crippen LogP contribution in [-0.4, -0.2) is 24.3 Å². The predicted molar refractivity (Wildman–Crippen MR) is 71.3 cm³/mol. The highest BCUT2D eigenvalue weighted by atomic mass is 32.1. The molecule has 1 aromatic carbocycles. The van der Waals surface area contributed by atoms with Crippen LogP contribution in [0.3, 0.4) is 0 Å². The minimum Gasteiger partial charge on any atom is -0.496 e. The zero-order valence-electron chi connectivity index (χ0n) is 10.6. The Morgan fingerprint density at radius 3 is 2.67 bits per heavy atom. The summed E-state index contributed by atoms with van der Waals surface area (Å²) in [6.07, 6.45) is 0. The Kier molecular flexibility index (Phi) is 3.84. The number of aliphatic hydroxyl groups is 1. The van der Waals surface area contributed by atoms with E-state index in [0.29, 0.717) is 5.19 Å². The van der Waals surface area contributed by atoms with Gasteiger partial charge < -0.3 is 14.6 Å². The molecule has 0 aliphatic heterocycles. The summed E-state index contributed by atoms with van der Waals surface area (Å²) in [5, 5.41) is 9.90. The van der Waals surface area contributed by atoms with Crippen LogP contribution in [0.15, 0.2) is 18.2 Å². The first kappa shape index (κ1) is 12.9. The average Bonchev–Trinajstić information content (AvgIpc) is 2.82. The van der Waals surface area contributed by atoms with E-state index >= 15 is 0 Å². The number of methoxy groups -OCH3 is 2. The van der Waals surface area contributed by atoms with Crippen molar-refractivity contribution in [2.45, 2.75) is 13.5 Å². The van der Waals surface area contributed by atoms with Gasteiger partial charge in [-0.15, -0.1) is 0 Å². The van der Waals surface area contributed by atoms with Crippen molar-refractivity contribution >= 4 is 11.3 Å². The molecule has 5 heteroatoms. The zero-order valence-corrected chi connectivity index (χ0v) is 11.4. The van der Waals surface area contributed by atoms with E-state index in [-0.39, 0.29) is 6.61 Å². The lowest BCUT2D eigenvalue weighted by Crippen LogP contribution is -1.90. The molecule has 18 heavy (non-hydrogen) atoms. The molecule has 96 valence electrons. The highest BCUT2D eigenvalue weighted by molar-refractivity contribution is 7.13. The fraction of sp³-hybridized carbons (Fsp3) is 0.308. The first-order valence-electron chi connectivity index (χ1n) is 5.49. The van der Waals surface area contributed by atoms with Crippen LogP contribution in [0.25, 0.3) is 11.3 Å². The Hall–Kier alpha value is -1.59. The summed E-state index contributed by atoms with van der Waals surface area (Å²) >= 11 is 1.35. The molecule has 1 heterocycles. The van der Waals surface area contributed by atoms with Gasteiger partial charge in [-0.2, -0.15) is 0 Å². The number of thiazole rings is 1. The van der Waals surface area contributed by atoms with Gasteiger partial charge in [0, 0.05) is 5.56 Å². The Balaban J connectivity index is 2.50. The minimum absolute atomic E-state index is 0.0491. The van der Waals surface area contributed by atoms with E-state index in [1.807, 2.05) is 25.1 Å². The summed E-state index contributed by atoms with van der Waals surface area (Å²) in [5.74, 6) is 0.809. The number of aliphatic hydroxyl groups excluding tert-OH is 1. The van der Waals surface area contributed by atoms with Crippen molar-refractivity contribution in [2.24, 2.45) is 0 Å². The third-order valence-corrected chi connectivity index (χ3v) is 3.68. The van der Waals surface area contributed by atoms with Crippen molar-refractivity contribution in [3.63, 3.8) is 0 Å². The molecule has 0 radical (unpaired) electrons. The van der Waals surface area contributed by atoms with Crippen LogP contribution < -0.4 is 9.47 Å². The number of benzene rings is 1. The van der Waals surface area contributed by atoms with E-state index < -0.39 is 0 Å². The van der Waals surface area contributed by atoms with E-state index in [2.05, 4.69) is 4.98 Å². The SMILES string of the molecule is COc1nc(-c2ccc(C)c(OC)c2)c(CO)s1. The van der Waals surface area contributed by atoms with Crippen LogP contribution in [0.2, 0.25) is 0 Å². The molecule has 0 unspecified atom stereocenters. The molecule has 0 spiro atoms. The number of nitrogens with zero attached hydrogens (tertiary/aromatic N) is 1. The van der Waals surface area contributed by atoms with Crippen LogP contribution >= 0.6 is 11.3 Å². The first-order chi connectivity index (χ1) is 8.69. The van der Waals surface area contributed by atoms with Gasteiger partial charge >= 0.3 is 0 Å². The van der Waals surface area contributed by atoms with Crippen molar-refractivity contribution < 1.29 is 14.6 Å². The standard InChI is InChI=1S/C13H15NO3S/c1-8-4-5-9(6-10(8)16-2)12-11(7-15)18-13(14-12)17-3/h4-6,15H,7H2,1-3H3. The minimum atomic E-state index is -0.0491. The molecule has 2 aromatic rings. The molecule has 0 saturated carbocycles. The van der Waals surface area contributed by atoms with Crippen LogP contribution in [0.1, 0.15) is 10.4 Å². The summed E-state index contributed by atoms with van der Waals surface area (Å²) in [4.78, 5) is 5.15. The molecular weight excluding hydrogens is 250 g/mol. The maximum Gasteiger partial charge on any atom is 0.273 e. The Bertz CT molecular complexity index is 551. The predicted octanol–water partition coefficient (Wildman–Crippen LogP) is 2.63. The smallest absolute Gasteiger partial charge is 0.273 e. The van der Waals surface area contributed by atoms with Crippen LogP contribution in [0, 0.1) is 6.92 Å². The number of aryl methyl sites for hydroxylation is 1. The number of hydrogen-bond donors (Lipinski definition) is 1. The fourth-order valence-corrected chi connectivity index (χ4v) is 2.47. The lowest BCUT2D eigenvalue weighted by molar-refractivity contribution is 0.286. The molecular formula is C13H15NO3S. The van der Waals surface area contributed by atoms with Crippen molar-refractivity contribution in [3.8, 4) is 22.2 Å². The van der Waals surface area contributed by atoms with Crippen molar-refractivity contribution in [2.75, 3.05) is 14.2 Å². The summed E-state index contributed by atoms with van der Waals surface area (Å²) < 4.78 is 10.4. The monoisotopic (exact) mass is 265 g/mol. The van der Waals surface area contributed by atoms with E-state index in [0.717, 1.165) is 27.4 Å². The van der Waals surface area contributed by atoms with E-state index in [1.54, 1.807) is 14.2 Å². The third-order valence-electron chi connectivity index (χ3n) is 2.68. The summed E-state index contributed by atoms with van der Waals surface area (Å²) in [7, 11) is 3.21. The third kappa shape index (κ3) is 2.32. The largest absolute Gasteiger partial charge is 0.496 e. The normalized spacial score (nSPS) is 10.4. The molecule has 0 aliphatic rings. The molecule has 0 aliphatic carbocycles. The number of rotatable bonds is 4. The number of aromatic nitrogens is 1. The van der Waals surface area contributed by atoms with Crippen LogP contribution in [0.4, 0.5) is 0 Å². The summed E-state index contributed by atoms with van der Waals surface area (Å²) in [5.41, 5.74) is 2.73. The summed E-state index contributed by atoms with van der Waals surface area (Å²) in [6, 6.07) is 5.86. The van der Waals surface area contributed by atoms with Gasteiger partial charge in [0.2, 0.25) is 0 Å². The Morgan fingerprint density at radius 2 is 2.06 bits per heavy atom.